The molecule has 2 aromatic carbocycles. The topological polar surface area (TPSA) is 91.1 Å². The zero-order valence-electron chi connectivity index (χ0n) is 16.1. The summed E-state index contributed by atoms with van der Waals surface area (Å²) in [5.74, 6) is 1.44. The van der Waals surface area contributed by atoms with Crippen LogP contribution in [0.5, 0.6) is 17.2 Å². The second-order valence-electron chi connectivity index (χ2n) is 7.19. The lowest BCUT2D eigenvalue weighted by atomic mass is 10.0. The highest BCUT2D eigenvalue weighted by atomic mass is 16.5. The minimum atomic E-state index is -0.541. The molecule has 2 aromatic rings. The average molecular weight is 396 g/mol. The van der Waals surface area contributed by atoms with Crippen LogP contribution in [0.2, 0.25) is 0 Å². The van der Waals surface area contributed by atoms with Crippen molar-refractivity contribution >= 4 is 11.8 Å². The summed E-state index contributed by atoms with van der Waals surface area (Å²) in [5, 5.41) is 0. The molecule has 0 unspecified atom stereocenters. The van der Waals surface area contributed by atoms with Gasteiger partial charge in [-0.2, -0.15) is 0 Å². The van der Waals surface area contributed by atoms with Gasteiger partial charge in [-0.15, -0.1) is 0 Å². The Morgan fingerprint density at radius 3 is 2.55 bits per heavy atom. The minimum Gasteiger partial charge on any atom is -0.490 e. The van der Waals surface area contributed by atoms with E-state index in [4.69, 9.17) is 19.9 Å². The standard InChI is InChI=1S/C22H24N2O5/c23-21(25)14-29-17-7-4-15(5-8-17)22(26)24-10-1-3-18(24)16-6-9-19-20(13-16)28-12-2-11-27-19/h4-9,13,18H,1-3,10-12,14H2,(H2,23,25)/t18-/m0/s1. The highest BCUT2D eigenvalue weighted by Gasteiger charge is 2.31. The Morgan fingerprint density at radius 2 is 1.79 bits per heavy atom. The first-order valence-electron chi connectivity index (χ1n) is 9.83. The Balaban J connectivity index is 1.50. The molecule has 0 saturated carbocycles. The van der Waals surface area contributed by atoms with Crippen molar-refractivity contribution in [2.24, 2.45) is 5.73 Å². The number of likely N-dealkylation sites (tertiary alicyclic amines) is 1. The highest BCUT2D eigenvalue weighted by molar-refractivity contribution is 5.94. The van der Waals surface area contributed by atoms with Crippen molar-refractivity contribution in [2.75, 3.05) is 26.4 Å². The number of carbonyl (C=O) groups excluding carboxylic acids is 2. The lowest BCUT2D eigenvalue weighted by Crippen LogP contribution is -2.30. The Labute approximate surface area is 169 Å². The number of rotatable bonds is 5. The van der Waals surface area contributed by atoms with E-state index in [9.17, 15) is 9.59 Å². The largest absolute Gasteiger partial charge is 0.490 e. The maximum atomic E-state index is 13.1. The summed E-state index contributed by atoms with van der Waals surface area (Å²) in [4.78, 5) is 25.8. The first-order valence-corrected chi connectivity index (χ1v) is 9.83. The summed E-state index contributed by atoms with van der Waals surface area (Å²) in [6.45, 7) is 1.80. The van der Waals surface area contributed by atoms with E-state index in [-0.39, 0.29) is 18.6 Å². The summed E-state index contributed by atoms with van der Waals surface area (Å²) in [7, 11) is 0. The van der Waals surface area contributed by atoms with Gasteiger partial charge in [0.2, 0.25) is 0 Å². The SMILES string of the molecule is NC(=O)COc1ccc(C(=O)N2CCC[C@H]2c2ccc3c(c2)OCCCO3)cc1. The van der Waals surface area contributed by atoms with Crippen LogP contribution < -0.4 is 19.9 Å². The Hall–Kier alpha value is -3.22. The number of carbonyl (C=O) groups is 2. The number of fused-ring (bicyclic) bond motifs is 1. The van der Waals surface area contributed by atoms with Gasteiger partial charge in [0.25, 0.3) is 11.8 Å². The van der Waals surface area contributed by atoms with Crippen molar-refractivity contribution < 1.29 is 23.8 Å². The van der Waals surface area contributed by atoms with Crippen LogP contribution in [0.15, 0.2) is 42.5 Å². The molecule has 0 spiro atoms. The lowest BCUT2D eigenvalue weighted by Gasteiger charge is -2.26. The molecule has 4 rings (SSSR count). The third-order valence-electron chi connectivity index (χ3n) is 5.15. The van der Waals surface area contributed by atoms with Crippen LogP contribution in [-0.4, -0.2) is 43.1 Å². The van der Waals surface area contributed by atoms with Gasteiger partial charge >= 0.3 is 0 Å². The number of nitrogens with two attached hydrogens (primary N) is 1. The first kappa shape index (κ1) is 19.1. The maximum Gasteiger partial charge on any atom is 0.255 e. The second-order valence-corrected chi connectivity index (χ2v) is 7.19. The van der Waals surface area contributed by atoms with Gasteiger partial charge in [0.15, 0.2) is 18.1 Å². The molecule has 7 nitrogen and oxygen atoms in total. The molecule has 1 atom stereocenters. The van der Waals surface area contributed by atoms with Gasteiger partial charge in [0, 0.05) is 18.5 Å². The van der Waals surface area contributed by atoms with Gasteiger partial charge in [0.05, 0.1) is 19.3 Å². The molecule has 1 fully saturated rings. The van der Waals surface area contributed by atoms with E-state index in [1.165, 1.54) is 0 Å². The maximum absolute atomic E-state index is 13.1. The molecule has 2 heterocycles. The Morgan fingerprint density at radius 1 is 1.03 bits per heavy atom. The molecule has 29 heavy (non-hydrogen) atoms. The fraction of sp³-hybridized carbons (Fsp3) is 0.364. The molecule has 0 aromatic heterocycles. The number of hydrogen-bond acceptors (Lipinski definition) is 5. The van der Waals surface area contributed by atoms with Gasteiger partial charge in [-0.3, -0.25) is 9.59 Å². The van der Waals surface area contributed by atoms with E-state index in [1.54, 1.807) is 24.3 Å². The van der Waals surface area contributed by atoms with Crippen LogP contribution in [0.4, 0.5) is 0 Å². The number of amides is 2. The van der Waals surface area contributed by atoms with Crippen molar-refractivity contribution in [3.63, 3.8) is 0 Å². The van der Waals surface area contributed by atoms with Crippen molar-refractivity contribution in [1.29, 1.82) is 0 Å². The average Bonchev–Trinajstić information content (AvgIpc) is 3.10. The zero-order chi connectivity index (χ0) is 20.2. The summed E-state index contributed by atoms with van der Waals surface area (Å²) in [5.41, 5.74) is 6.72. The molecule has 1 saturated heterocycles. The van der Waals surface area contributed by atoms with Crippen LogP contribution in [-0.2, 0) is 4.79 Å². The van der Waals surface area contributed by atoms with E-state index in [2.05, 4.69) is 0 Å². The van der Waals surface area contributed by atoms with Crippen LogP contribution in [0, 0.1) is 0 Å². The highest BCUT2D eigenvalue weighted by Crippen LogP contribution is 2.38. The third-order valence-corrected chi connectivity index (χ3v) is 5.15. The number of primary amides is 1. The summed E-state index contributed by atoms with van der Waals surface area (Å²) < 4.78 is 16.8. The molecule has 0 bridgehead atoms. The molecule has 7 heteroatoms. The molecule has 2 amide bonds. The smallest absolute Gasteiger partial charge is 0.255 e. The fourth-order valence-corrected chi connectivity index (χ4v) is 3.76. The van der Waals surface area contributed by atoms with E-state index < -0.39 is 5.91 Å². The molecule has 152 valence electrons. The predicted octanol–water partition coefficient (Wildman–Crippen LogP) is 2.69. The van der Waals surface area contributed by atoms with Gasteiger partial charge < -0.3 is 24.8 Å². The van der Waals surface area contributed by atoms with Gasteiger partial charge in [-0.25, -0.2) is 0 Å². The summed E-state index contributed by atoms with van der Waals surface area (Å²) in [6.07, 6.45) is 2.72. The second kappa shape index (κ2) is 8.43. The first-order chi connectivity index (χ1) is 14.1. The Kier molecular flexibility index (Phi) is 5.55. The molecular formula is C22H24N2O5. The zero-order valence-corrected chi connectivity index (χ0v) is 16.1. The third kappa shape index (κ3) is 4.29. The van der Waals surface area contributed by atoms with E-state index in [0.29, 0.717) is 31.1 Å². The van der Waals surface area contributed by atoms with Crippen LogP contribution in [0.25, 0.3) is 0 Å². The normalized spacial score (nSPS) is 18.2. The van der Waals surface area contributed by atoms with E-state index in [1.807, 2.05) is 23.1 Å². The molecule has 0 radical (unpaired) electrons. The number of benzene rings is 2. The van der Waals surface area contributed by atoms with E-state index in [0.717, 1.165) is 36.3 Å². The number of ether oxygens (including phenoxy) is 3. The van der Waals surface area contributed by atoms with Crippen molar-refractivity contribution in [2.45, 2.75) is 25.3 Å². The molecule has 2 aliphatic rings. The van der Waals surface area contributed by atoms with Crippen LogP contribution in [0.3, 0.4) is 0 Å². The van der Waals surface area contributed by atoms with Crippen molar-refractivity contribution in [1.82, 2.24) is 4.90 Å². The lowest BCUT2D eigenvalue weighted by molar-refractivity contribution is -0.119. The monoisotopic (exact) mass is 396 g/mol. The number of hydrogen-bond donors (Lipinski definition) is 1. The van der Waals surface area contributed by atoms with E-state index >= 15 is 0 Å². The molecular weight excluding hydrogens is 372 g/mol. The van der Waals surface area contributed by atoms with Crippen LogP contribution >= 0.6 is 0 Å². The molecule has 2 aliphatic heterocycles. The fourth-order valence-electron chi connectivity index (χ4n) is 3.76. The van der Waals surface area contributed by atoms with Crippen molar-refractivity contribution in [3.05, 3.63) is 53.6 Å². The van der Waals surface area contributed by atoms with Gasteiger partial charge in [-0.1, -0.05) is 6.07 Å². The Bertz CT molecular complexity index is 897. The number of nitrogens with zero attached hydrogens (tertiary/aromatic N) is 1. The quantitative estimate of drug-likeness (QED) is 0.839. The molecule has 2 N–H and O–H groups in total. The van der Waals surface area contributed by atoms with Crippen molar-refractivity contribution in [3.8, 4) is 17.2 Å². The van der Waals surface area contributed by atoms with Gasteiger partial charge in [-0.05, 0) is 54.8 Å². The summed E-state index contributed by atoms with van der Waals surface area (Å²) in [6, 6.07) is 12.7. The van der Waals surface area contributed by atoms with Gasteiger partial charge in [0.1, 0.15) is 5.75 Å². The summed E-state index contributed by atoms with van der Waals surface area (Å²) >= 11 is 0. The molecule has 0 aliphatic carbocycles. The predicted molar refractivity (Wildman–Crippen MR) is 106 cm³/mol. The minimum absolute atomic E-state index is 0.00504. The van der Waals surface area contributed by atoms with Crippen LogP contribution in [0.1, 0.15) is 41.2 Å².